The van der Waals surface area contributed by atoms with Gasteiger partial charge in [0.25, 0.3) is 0 Å². The van der Waals surface area contributed by atoms with E-state index in [0.29, 0.717) is 30.2 Å². The van der Waals surface area contributed by atoms with E-state index in [2.05, 4.69) is 62.2 Å². The number of nitrogens with zero attached hydrogens (tertiary/aromatic N) is 8. The minimum Gasteiger partial charge on any atom is -0.479 e. The molecule has 2 aliphatic heterocycles. The van der Waals surface area contributed by atoms with E-state index in [4.69, 9.17) is 14.7 Å². The average Bonchev–Trinajstić information content (AvgIpc) is 3.63. The van der Waals surface area contributed by atoms with Crippen LogP contribution in [0.1, 0.15) is 44.8 Å². The van der Waals surface area contributed by atoms with Gasteiger partial charge in [-0.25, -0.2) is 19.9 Å². The van der Waals surface area contributed by atoms with Gasteiger partial charge in [-0.05, 0) is 51.1 Å². The molecule has 2 saturated heterocycles. The number of pyridine rings is 2. The summed E-state index contributed by atoms with van der Waals surface area (Å²) in [6, 6.07) is 9.75. The van der Waals surface area contributed by atoms with Gasteiger partial charge >= 0.3 is 0 Å². The molecule has 36 heavy (non-hydrogen) atoms. The zero-order valence-corrected chi connectivity index (χ0v) is 21.3. The maximum absolute atomic E-state index is 5.55. The van der Waals surface area contributed by atoms with Crippen molar-refractivity contribution in [2.75, 3.05) is 31.6 Å². The molecule has 0 aliphatic carbocycles. The lowest BCUT2D eigenvalue weighted by atomic mass is 10.2. The molecule has 2 atom stereocenters. The van der Waals surface area contributed by atoms with Gasteiger partial charge in [-0.2, -0.15) is 0 Å². The number of hydrogen-bond acceptors (Lipinski definition) is 8. The lowest BCUT2D eigenvalue weighted by molar-refractivity contribution is 0.251. The Labute approximate surface area is 211 Å². The number of likely N-dealkylation sites (N-methyl/N-ethyl adjacent to an activating group) is 1. The highest BCUT2D eigenvalue weighted by Gasteiger charge is 2.42. The van der Waals surface area contributed by atoms with Crippen LogP contribution < -0.4 is 9.64 Å². The largest absolute Gasteiger partial charge is 0.479 e. The van der Waals surface area contributed by atoms with Crippen molar-refractivity contribution >= 4 is 16.7 Å². The summed E-state index contributed by atoms with van der Waals surface area (Å²) in [5.41, 5.74) is 5.38. The number of rotatable bonds is 7. The first kappa shape index (κ1) is 22.8. The van der Waals surface area contributed by atoms with Gasteiger partial charge in [0, 0.05) is 43.1 Å². The molecule has 2 aliphatic rings. The fourth-order valence-corrected chi connectivity index (χ4v) is 5.62. The number of imidazole rings is 1. The molecular weight excluding hydrogens is 452 g/mol. The highest BCUT2D eigenvalue weighted by Crippen LogP contribution is 2.34. The Kier molecular flexibility index (Phi) is 5.79. The van der Waals surface area contributed by atoms with Crippen LogP contribution in [0.25, 0.3) is 22.4 Å². The molecule has 0 spiro atoms. The van der Waals surface area contributed by atoms with Crippen molar-refractivity contribution in [1.29, 1.82) is 0 Å². The quantitative estimate of drug-likeness (QED) is 0.392. The molecule has 6 heterocycles. The van der Waals surface area contributed by atoms with Gasteiger partial charge in [0.2, 0.25) is 5.88 Å². The summed E-state index contributed by atoms with van der Waals surface area (Å²) in [5, 5.41) is 0. The topological polar surface area (TPSA) is 85.1 Å². The molecular formula is C27H32N8O. The van der Waals surface area contributed by atoms with E-state index in [0.717, 1.165) is 47.7 Å². The Morgan fingerprint density at radius 3 is 2.61 bits per heavy atom. The highest BCUT2D eigenvalue weighted by atomic mass is 16.5. The van der Waals surface area contributed by atoms with Crippen molar-refractivity contribution in [3.8, 4) is 17.3 Å². The lowest BCUT2D eigenvalue weighted by Crippen LogP contribution is -2.46. The van der Waals surface area contributed by atoms with Crippen LogP contribution in [0, 0.1) is 0 Å². The molecule has 0 amide bonds. The summed E-state index contributed by atoms with van der Waals surface area (Å²) >= 11 is 0. The van der Waals surface area contributed by atoms with Gasteiger partial charge in [-0.1, -0.05) is 6.92 Å². The zero-order chi connectivity index (χ0) is 24.8. The van der Waals surface area contributed by atoms with Crippen LogP contribution in [0.3, 0.4) is 0 Å². The van der Waals surface area contributed by atoms with E-state index in [-0.39, 0.29) is 6.04 Å². The van der Waals surface area contributed by atoms with E-state index < -0.39 is 0 Å². The zero-order valence-electron chi connectivity index (χ0n) is 21.3. The van der Waals surface area contributed by atoms with Crippen LogP contribution >= 0.6 is 0 Å². The molecule has 0 aromatic carbocycles. The first-order valence-corrected chi connectivity index (χ1v) is 12.7. The minimum absolute atomic E-state index is 0.270. The molecule has 0 saturated carbocycles. The maximum atomic E-state index is 5.55. The van der Waals surface area contributed by atoms with E-state index in [9.17, 15) is 0 Å². The number of anilines is 1. The number of likely N-dealkylation sites (tertiary alicyclic amines) is 1. The molecule has 9 nitrogen and oxygen atoms in total. The van der Waals surface area contributed by atoms with Crippen molar-refractivity contribution in [1.82, 2.24) is 34.4 Å². The average molecular weight is 485 g/mol. The van der Waals surface area contributed by atoms with Crippen LogP contribution in [0.15, 0.2) is 43.0 Å². The van der Waals surface area contributed by atoms with Crippen molar-refractivity contribution in [3.05, 3.63) is 54.5 Å². The van der Waals surface area contributed by atoms with Crippen molar-refractivity contribution < 1.29 is 4.74 Å². The third-order valence-electron chi connectivity index (χ3n) is 7.49. The van der Waals surface area contributed by atoms with E-state index in [1.54, 1.807) is 13.3 Å². The lowest BCUT2D eigenvalue weighted by Gasteiger charge is -2.34. The number of piperazine rings is 1. The van der Waals surface area contributed by atoms with E-state index in [1.807, 2.05) is 24.7 Å². The summed E-state index contributed by atoms with van der Waals surface area (Å²) in [6.45, 7) is 9.91. The second-order valence-corrected chi connectivity index (χ2v) is 9.96. The number of methoxy groups -OCH3 is 1. The molecule has 2 bridgehead atoms. The van der Waals surface area contributed by atoms with E-state index >= 15 is 0 Å². The van der Waals surface area contributed by atoms with Gasteiger partial charge in [0.05, 0.1) is 48.6 Å². The highest BCUT2D eigenvalue weighted by molar-refractivity contribution is 5.84. The summed E-state index contributed by atoms with van der Waals surface area (Å²) in [7, 11) is 1.62. The molecule has 4 aromatic heterocycles. The first-order chi connectivity index (χ1) is 17.5. The van der Waals surface area contributed by atoms with Gasteiger partial charge < -0.3 is 14.2 Å². The third kappa shape index (κ3) is 3.97. The Balaban J connectivity index is 1.22. The minimum atomic E-state index is 0.270. The standard InChI is InChI=1S/C27H32N8O/c1-5-33-14-21-11-20(33)15-34(21)19-7-6-18(29-13-19)10-25-28-9-8-22(31-25)23-12-24-26(27(32-23)36-4)30-16-35(24)17(2)3/h6-9,12-13,16-17,20-21H,5,10-11,14-15H2,1-4H3. The molecule has 2 unspecified atom stereocenters. The van der Waals surface area contributed by atoms with Crippen LogP contribution in [0.4, 0.5) is 5.69 Å². The summed E-state index contributed by atoms with van der Waals surface area (Å²) in [5.74, 6) is 1.21. The van der Waals surface area contributed by atoms with Crippen molar-refractivity contribution in [2.45, 2.75) is 51.7 Å². The predicted octanol–water partition coefficient (Wildman–Crippen LogP) is 3.75. The number of fused-ring (bicyclic) bond motifs is 3. The van der Waals surface area contributed by atoms with Crippen LogP contribution in [0.2, 0.25) is 0 Å². The summed E-state index contributed by atoms with van der Waals surface area (Å²) in [6.07, 6.45) is 7.44. The van der Waals surface area contributed by atoms with Gasteiger partial charge in [0.15, 0.2) is 5.52 Å². The Bertz CT molecular complexity index is 1380. The molecule has 2 fully saturated rings. The summed E-state index contributed by atoms with van der Waals surface area (Å²) in [4.78, 5) is 28.4. The Hall–Kier alpha value is -3.59. The molecule has 0 N–H and O–H groups in total. The SMILES string of the molecule is CCN1CC2CC1CN2c1ccc(Cc2nccc(-c3cc4c(ncn4C(C)C)c(OC)n3)n2)nc1. The van der Waals surface area contributed by atoms with E-state index in [1.165, 1.54) is 12.1 Å². The smallest absolute Gasteiger partial charge is 0.242 e. The number of aromatic nitrogens is 6. The molecule has 0 radical (unpaired) electrons. The van der Waals surface area contributed by atoms with Crippen molar-refractivity contribution in [3.63, 3.8) is 0 Å². The fraction of sp³-hybridized carbons (Fsp3) is 0.444. The second-order valence-electron chi connectivity index (χ2n) is 9.96. The van der Waals surface area contributed by atoms with Crippen LogP contribution in [-0.4, -0.2) is 73.2 Å². The normalized spacial score (nSPS) is 19.6. The maximum Gasteiger partial charge on any atom is 0.242 e. The van der Waals surface area contributed by atoms with Crippen LogP contribution in [0.5, 0.6) is 5.88 Å². The second kappa shape index (κ2) is 9.13. The number of ether oxygens (including phenoxy) is 1. The van der Waals surface area contributed by atoms with Crippen LogP contribution in [-0.2, 0) is 6.42 Å². The first-order valence-electron chi connectivity index (χ1n) is 12.7. The predicted molar refractivity (Wildman–Crippen MR) is 139 cm³/mol. The Morgan fingerprint density at radius 1 is 1.03 bits per heavy atom. The molecule has 186 valence electrons. The summed E-state index contributed by atoms with van der Waals surface area (Å²) < 4.78 is 7.66. The molecule has 9 heteroatoms. The fourth-order valence-electron chi connectivity index (χ4n) is 5.62. The Morgan fingerprint density at radius 2 is 1.92 bits per heavy atom. The van der Waals surface area contributed by atoms with Gasteiger partial charge in [-0.3, -0.25) is 9.88 Å². The monoisotopic (exact) mass is 484 g/mol. The van der Waals surface area contributed by atoms with Gasteiger partial charge in [0.1, 0.15) is 5.82 Å². The van der Waals surface area contributed by atoms with Crippen molar-refractivity contribution in [2.24, 2.45) is 0 Å². The third-order valence-corrected chi connectivity index (χ3v) is 7.49. The van der Waals surface area contributed by atoms with Gasteiger partial charge in [-0.15, -0.1) is 0 Å². The molecule has 6 rings (SSSR count). The molecule has 4 aromatic rings. The number of hydrogen-bond donors (Lipinski definition) is 0.